The zero-order chi connectivity index (χ0) is 24.6. The van der Waals surface area contributed by atoms with Crippen LogP contribution in [0.3, 0.4) is 0 Å². The summed E-state index contributed by atoms with van der Waals surface area (Å²) in [6.07, 6.45) is 0. The minimum absolute atomic E-state index is 0.0989. The van der Waals surface area contributed by atoms with Crippen molar-refractivity contribution in [3.8, 4) is 5.75 Å². The van der Waals surface area contributed by atoms with E-state index in [1.807, 2.05) is 56.5 Å². The van der Waals surface area contributed by atoms with Crippen LogP contribution in [0.5, 0.6) is 5.75 Å². The topological polar surface area (TPSA) is 66.8 Å². The Morgan fingerprint density at radius 3 is 2.35 bits per heavy atom. The highest BCUT2D eigenvalue weighted by Gasteiger charge is 2.47. The number of Topliss-reactive ketones (excluding diaryl/α,β-unsaturated/α-hetero) is 1. The third-order valence-corrected chi connectivity index (χ3v) is 6.69. The minimum atomic E-state index is -0.696. The second-order valence-corrected chi connectivity index (χ2v) is 10.2. The maximum absolute atomic E-state index is 13.3. The van der Waals surface area contributed by atoms with Crippen molar-refractivity contribution < 1.29 is 19.4 Å². The van der Waals surface area contributed by atoms with Gasteiger partial charge in [0.2, 0.25) is 0 Å². The maximum Gasteiger partial charge on any atom is 0.300 e. The Balaban J connectivity index is 1.83. The fourth-order valence-electron chi connectivity index (χ4n) is 4.28. The molecule has 1 saturated heterocycles. The van der Waals surface area contributed by atoms with Crippen molar-refractivity contribution in [1.29, 1.82) is 0 Å². The van der Waals surface area contributed by atoms with Crippen LogP contribution in [0.4, 0.5) is 5.69 Å². The molecule has 34 heavy (non-hydrogen) atoms. The summed E-state index contributed by atoms with van der Waals surface area (Å²) in [5.41, 5.74) is 4.06. The van der Waals surface area contributed by atoms with E-state index in [9.17, 15) is 14.7 Å². The standard InChI is InChI=1S/C28H29NO4S/c1-16(2)15-33-22-9-8-20(14-19(22)5)26(30)24-25(23-7-6-10-34-23)29(28(32)27(24)31)21-12-17(3)11-18(4)13-21/h6-14,16,25,30H,15H2,1-5H3/b26-24-. The number of ether oxygens (including phenoxy) is 1. The highest BCUT2D eigenvalue weighted by Crippen LogP contribution is 2.44. The molecule has 4 rings (SSSR count). The van der Waals surface area contributed by atoms with E-state index in [0.717, 1.165) is 27.3 Å². The first kappa shape index (κ1) is 23.8. The Hall–Kier alpha value is -3.38. The van der Waals surface area contributed by atoms with Crippen molar-refractivity contribution in [3.05, 3.63) is 86.6 Å². The molecule has 1 aliphatic rings. The summed E-state index contributed by atoms with van der Waals surface area (Å²) in [6.45, 7) is 10.6. The van der Waals surface area contributed by atoms with E-state index in [2.05, 4.69) is 13.8 Å². The average molecular weight is 476 g/mol. The predicted molar refractivity (Wildman–Crippen MR) is 137 cm³/mol. The molecule has 0 aliphatic carbocycles. The van der Waals surface area contributed by atoms with E-state index in [1.54, 1.807) is 18.2 Å². The van der Waals surface area contributed by atoms with Gasteiger partial charge in [-0.1, -0.05) is 26.0 Å². The number of amides is 1. The summed E-state index contributed by atoms with van der Waals surface area (Å²) in [5, 5.41) is 13.2. The van der Waals surface area contributed by atoms with Gasteiger partial charge in [0.25, 0.3) is 11.7 Å². The van der Waals surface area contributed by atoms with Crippen LogP contribution in [0.2, 0.25) is 0 Å². The maximum atomic E-state index is 13.3. The van der Waals surface area contributed by atoms with Crippen LogP contribution in [0, 0.1) is 26.7 Å². The summed E-state index contributed by atoms with van der Waals surface area (Å²) in [5.74, 6) is -0.385. The summed E-state index contributed by atoms with van der Waals surface area (Å²) in [7, 11) is 0. The number of aliphatic hydroxyl groups excluding tert-OH is 1. The second kappa shape index (κ2) is 9.47. The first-order valence-corrected chi connectivity index (χ1v) is 12.2. The van der Waals surface area contributed by atoms with Crippen molar-refractivity contribution in [2.45, 2.75) is 40.7 Å². The Labute approximate surface area is 204 Å². The van der Waals surface area contributed by atoms with Gasteiger partial charge in [0.05, 0.1) is 12.2 Å². The molecule has 6 heteroatoms. The lowest BCUT2D eigenvalue weighted by atomic mass is 9.98. The number of hydrogen-bond donors (Lipinski definition) is 1. The lowest BCUT2D eigenvalue weighted by Gasteiger charge is -2.25. The number of thiophene rings is 1. The third-order valence-electron chi connectivity index (χ3n) is 5.76. The van der Waals surface area contributed by atoms with Crippen LogP contribution in [0.15, 0.2) is 59.5 Å². The molecule has 0 saturated carbocycles. The van der Waals surface area contributed by atoms with Gasteiger partial charge in [0.15, 0.2) is 0 Å². The third kappa shape index (κ3) is 4.50. The van der Waals surface area contributed by atoms with Gasteiger partial charge in [-0.2, -0.15) is 0 Å². The first-order valence-electron chi connectivity index (χ1n) is 11.3. The van der Waals surface area contributed by atoms with Gasteiger partial charge in [0.1, 0.15) is 17.6 Å². The average Bonchev–Trinajstić information content (AvgIpc) is 3.38. The molecule has 0 spiro atoms. The van der Waals surface area contributed by atoms with Crippen LogP contribution in [0.25, 0.3) is 5.76 Å². The number of carbonyl (C=O) groups is 2. The molecule has 1 amide bonds. The van der Waals surface area contributed by atoms with Crippen LogP contribution in [-0.4, -0.2) is 23.4 Å². The molecule has 2 heterocycles. The zero-order valence-electron chi connectivity index (χ0n) is 20.1. The summed E-state index contributed by atoms with van der Waals surface area (Å²) in [6, 6.07) is 14.2. The van der Waals surface area contributed by atoms with Crippen molar-refractivity contribution >= 4 is 34.5 Å². The van der Waals surface area contributed by atoms with Crippen molar-refractivity contribution in [1.82, 2.24) is 0 Å². The molecule has 176 valence electrons. The summed E-state index contributed by atoms with van der Waals surface area (Å²) in [4.78, 5) is 28.9. The number of nitrogens with zero attached hydrogens (tertiary/aromatic N) is 1. The van der Waals surface area contributed by atoms with Crippen LogP contribution in [-0.2, 0) is 9.59 Å². The molecule has 3 aromatic rings. The molecule has 5 nitrogen and oxygen atoms in total. The number of aliphatic hydroxyl groups is 1. The number of carbonyl (C=O) groups excluding carboxylic acids is 2. The summed E-state index contributed by atoms with van der Waals surface area (Å²) < 4.78 is 5.85. The molecule has 0 bridgehead atoms. The second-order valence-electron chi connectivity index (χ2n) is 9.22. The fourth-order valence-corrected chi connectivity index (χ4v) is 5.10. The number of aryl methyl sites for hydroxylation is 3. The van der Waals surface area contributed by atoms with Gasteiger partial charge in [-0.15, -0.1) is 11.3 Å². The Morgan fingerprint density at radius 1 is 1.06 bits per heavy atom. The molecular formula is C28H29NO4S. The van der Waals surface area contributed by atoms with Gasteiger partial charge < -0.3 is 9.84 Å². The smallest absolute Gasteiger partial charge is 0.300 e. The van der Waals surface area contributed by atoms with E-state index in [0.29, 0.717) is 23.8 Å². The molecule has 1 aromatic heterocycles. The SMILES string of the molecule is Cc1cc(C)cc(N2C(=O)C(=O)/C(=C(\O)c3ccc(OCC(C)C)c(C)c3)C2c2cccs2)c1. The minimum Gasteiger partial charge on any atom is -0.507 e. The molecule has 1 fully saturated rings. The van der Waals surface area contributed by atoms with E-state index in [-0.39, 0.29) is 11.3 Å². The number of anilines is 1. The van der Waals surface area contributed by atoms with Gasteiger partial charge in [-0.25, -0.2) is 0 Å². The van der Waals surface area contributed by atoms with Crippen LogP contribution >= 0.6 is 11.3 Å². The first-order chi connectivity index (χ1) is 16.2. The van der Waals surface area contributed by atoms with Crippen molar-refractivity contribution in [2.75, 3.05) is 11.5 Å². The monoisotopic (exact) mass is 475 g/mol. The number of hydrogen-bond acceptors (Lipinski definition) is 5. The van der Waals surface area contributed by atoms with E-state index in [1.165, 1.54) is 16.2 Å². The highest BCUT2D eigenvalue weighted by atomic mass is 32.1. The van der Waals surface area contributed by atoms with Crippen molar-refractivity contribution in [2.24, 2.45) is 5.92 Å². The Bertz CT molecular complexity index is 1250. The number of ketones is 1. The van der Waals surface area contributed by atoms with Gasteiger partial charge in [-0.3, -0.25) is 14.5 Å². The largest absolute Gasteiger partial charge is 0.507 e. The quantitative estimate of drug-likeness (QED) is 0.257. The van der Waals surface area contributed by atoms with Crippen LogP contribution in [0.1, 0.15) is 47.0 Å². The van der Waals surface area contributed by atoms with Gasteiger partial charge in [-0.05, 0) is 85.2 Å². The van der Waals surface area contributed by atoms with E-state index >= 15 is 0 Å². The molecule has 1 unspecified atom stereocenters. The molecule has 1 N–H and O–H groups in total. The molecule has 2 aromatic carbocycles. The Morgan fingerprint density at radius 2 is 1.76 bits per heavy atom. The van der Waals surface area contributed by atoms with Gasteiger partial charge >= 0.3 is 0 Å². The molecule has 0 radical (unpaired) electrons. The normalized spacial score (nSPS) is 17.6. The zero-order valence-corrected chi connectivity index (χ0v) is 20.9. The predicted octanol–water partition coefficient (Wildman–Crippen LogP) is 6.33. The number of rotatable bonds is 6. The molecular weight excluding hydrogens is 446 g/mol. The summed E-state index contributed by atoms with van der Waals surface area (Å²) >= 11 is 1.45. The lowest BCUT2D eigenvalue weighted by molar-refractivity contribution is -0.132. The van der Waals surface area contributed by atoms with Crippen LogP contribution < -0.4 is 9.64 Å². The highest BCUT2D eigenvalue weighted by molar-refractivity contribution is 7.10. The number of benzene rings is 2. The van der Waals surface area contributed by atoms with E-state index < -0.39 is 17.7 Å². The fraction of sp³-hybridized carbons (Fsp3) is 0.286. The lowest BCUT2D eigenvalue weighted by Crippen LogP contribution is -2.29. The van der Waals surface area contributed by atoms with E-state index in [4.69, 9.17) is 4.74 Å². The van der Waals surface area contributed by atoms with Crippen molar-refractivity contribution in [3.63, 3.8) is 0 Å². The molecule has 1 atom stereocenters. The molecule has 1 aliphatic heterocycles. The van der Waals surface area contributed by atoms with Gasteiger partial charge in [0, 0.05) is 16.1 Å². The Kier molecular flexibility index (Phi) is 6.62.